The number of aromatic nitrogens is 2. The van der Waals surface area contributed by atoms with E-state index in [-0.39, 0.29) is 17.7 Å². The number of amides is 1. The van der Waals surface area contributed by atoms with Gasteiger partial charge in [0, 0.05) is 26.2 Å². The van der Waals surface area contributed by atoms with Gasteiger partial charge in [0.05, 0.1) is 17.5 Å². The number of aryl methyl sites for hydroxylation is 1. The van der Waals surface area contributed by atoms with Crippen molar-refractivity contribution in [3.05, 3.63) is 30.1 Å². The molecular weight excluding hydrogens is 270 g/mol. The van der Waals surface area contributed by atoms with E-state index in [0.717, 1.165) is 12.1 Å². The zero-order chi connectivity index (χ0) is 15.0. The monoisotopic (exact) mass is 289 g/mol. The summed E-state index contributed by atoms with van der Waals surface area (Å²) in [5, 5.41) is 16.4. The average Bonchev–Trinajstić information content (AvgIpc) is 3.13. The van der Waals surface area contributed by atoms with E-state index in [1.54, 1.807) is 4.68 Å². The molecule has 2 aliphatic carbocycles. The van der Waals surface area contributed by atoms with E-state index in [9.17, 15) is 14.7 Å². The summed E-state index contributed by atoms with van der Waals surface area (Å²) in [6.07, 6.45) is 7.24. The van der Waals surface area contributed by atoms with Gasteiger partial charge in [0.25, 0.3) is 0 Å². The van der Waals surface area contributed by atoms with Crippen molar-refractivity contribution in [3.8, 4) is 0 Å². The highest BCUT2D eigenvalue weighted by Crippen LogP contribution is 2.48. The molecule has 1 aromatic heterocycles. The first kappa shape index (κ1) is 13.9. The number of allylic oxidation sites excluding steroid dienone is 2. The minimum absolute atomic E-state index is 0.0130. The number of nitrogens with zero attached hydrogens (tertiary/aromatic N) is 2. The first-order valence-electron chi connectivity index (χ1n) is 7.23. The van der Waals surface area contributed by atoms with Gasteiger partial charge >= 0.3 is 5.97 Å². The minimum Gasteiger partial charge on any atom is -0.481 e. The number of hydrogen-bond donors (Lipinski definition) is 2. The molecule has 0 aliphatic heterocycles. The maximum Gasteiger partial charge on any atom is 0.307 e. The molecule has 21 heavy (non-hydrogen) atoms. The number of rotatable bonds is 5. The molecule has 4 atom stereocenters. The molecule has 1 saturated carbocycles. The van der Waals surface area contributed by atoms with E-state index < -0.39 is 17.8 Å². The van der Waals surface area contributed by atoms with Gasteiger partial charge in [0.1, 0.15) is 0 Å². The third-order valence-corrected chi connectivity index (χ3v) is 4.50. The summed E-state index contributed by atoms with van der Waals surface area (Å²) in [4.78, 5) is 23.7. The van der Waals surface area contributed by atoms with Crippen molar-refractivity contribution in [2.45, 2.75) is 12.8 Å². The van der Waals surface area contributed by atoms with Crippen molar-refractivity contribution in [2.75, 3.05) is 6.54 Å². The molecule has 3 rings (SSSR count). The van der Waals surface area contributed by atoms with Gasteiger partial charge in [-0.1, -0.05) is 12.2 Å². The standard InChI is InChI=1S/C15H19N3O3/c1-18-7-5-11(17-18)4-6-16-14(19)12-9-2-3-10(8-9)13(12)15(20)21/h2-3,5,7,9-10,12-13H,4,6,8H2,1H3,(H,16,19)(H,20,21). The Balaban J connectivity index is 1.57. The predicted octanol–water partition coefficient (Wildman–Crippen LogP) is 0.602. The summed E-state index contributed by atoms with van der Waals surface area (Å²) in [5.74, 6) is -1.92. The zero-order valence-corrected chi connectivity index (χ0v) is 11.9. The first-order chi connectivity index (χ1) is 10.1. The van der Waals surface area contributed by atoms with Crippen LogP contribution >= 0.6 is 0 Å². The number of carbonyl (C=O) groups is 2. The van der Waals surface area contributed by atoms with Crippen LogP contribution in [-0.2, 0) is 23.1 Å². The van der Waals surface area contributed by atoms with Gasteiger partial charge in [-0.15, -0.1) is 0 Å². The van der Waals surface area contributed by atoms with Crippen molar-refractivity contribution < 1.29 is 14.7 Å². The third-order valence-electron chi connectivity index (χ3n) is 4.50. The number of nitrogens with one attached hydrogen (secondary N) is 1. The van der Waals surface area contributed by atoms with Crippen molar-refractivity contribution in [3.63, 3.8) is 0 Å². The lowest BCUT2D eigenvalue weighted by molar-refractivity contribution is -0.147. The van der Waals surface area contributed by atoms with Crippen LogP contribution < -0.4 is 5.32 Å². The van der Waals surface area contributed by atoms with Crippen molar-refractivity contribution in [1.29, 1.82) is 0 Å². The number of fused-ring (bicyclic) bond motifs is 2. The number of carboxylic acid groups (broad SMARTS) is 1. The summed E-state index contributed by atoms with van der Waals surface area (Å²) >= 11 is 0. The lowest BCUT2D eigenvalue weighted by Gasteiger charge is -2.23. The second-order valence-corrected chi connectivity index (χ2v) is 5.86. The summed E-state index contributed by atoms with van der Waals surface area (Å²) in [7, 11) is 1.85. The molecule has 1 heterocycles. The van der Waals surface area contributed by atoms with E-state index in [0.29, 0.717) is 13.0 Å². The van der Waals surface area contributed by atoms with E-state index >= 15 is 0 Å². The fraction of sp³-hybridized carbons (Fsp3) is 0.533. The Morgan fingerprint density at radius 3 is 2.71 bits per heavy atom. The summed E-state index contributed by atoms with van der Waals surface area (Å²) in [5.41, 5.74) is 0.917. The highest BCUT2D eigenvalue weighted by Gasteiger charge is 2.51. The zero-order valence-electron chi connectivity index (χ0n) is 11.9. The quantitative estimate of drug-likeness (QED) is 0.778. The largest absolute Gasteiger partial charge is 0.481 e. The Morgan fingerprint density at radius 2 is 2.10 bits per heavy atom. The SMILES string of the molecule is Cn1ccc(CCNC(=O)C2C3C=CC(C3)C2C(=O)O)n1. The smallest absolute Gasteiger partial charge is 0.307 e. The Labute approximate surface area is 122 Å². The van der Waals surface area contributed by atoms with Crippen LogP contribution in [0.1, 0.15) is 12.1 Å². The third kappa shape index (κ3) is 2.57. The van der Waals surface area contributed by atoms with E-state index in [2.05, 4.69) is 10.4 Å². The molecule has 4 unspecified atom stereocenters. The van der Waals surface area contributed by atoms with Crippen LogP contribution in [0.2, 0.25) is 0 Å². The minimum atomic E-state index is -0.864. The Morgan fingerprint density at radius 1 is 1.38 bits per heavy atom. The van der Waals surface area contributed by atoms with Crippen LogP contribution in [-0.4, -0.2) is 33.3 Å². The molecule has 0 aromatic carbocycles. The van der Waals surface area contributed by atoms with Gasteiger partial charge < -0.3 is 10.4 Å². The van der Waals surface area contributed by atoms with Gasteiger partial charge in [-0.25, -0.2) is 0 Å². The maximum atomic E-state index is 12.3. The molecule has 0 saturated heterocycles. The molecule has 0 spiro atoms. The molecule has 1 aromatic rings. The fourth-order valence-corrected chi connectivity index (χ4v) is 3.54. The van der Waals surface area contributed by atoms with Crippen LogP contribution in [0.5, 0.6) is 0 Å². The van der Waals surface area contributed by atoms with Crippen molar-refractivity contribution in [1.82, 2.24) is 15.1 Å². The number of hydrogen-bond acceptors (Lipinski definition) is 3. The molecule has 6 heteroatoms. The lowest BCUT2D eigenvalue weighted by atomic mass is 9.82. The lowest BCUT2D eigenvalue weighted by Crippen LogP contribution is -2.40. The van der Waals surface area contributed by atoms with Crippen molar-refractivity contribution in [2.24, 2.45) is 30.7 Å². The number of aliphatic carboxylic acids is 1. The molecule has 2 bridgehead atoms. The van der Waals surface area contributed by atoms with Crippen LogP contribution in [0.3, 0.4) is 0 Å². The van der Waals surface area contributed by atoms with Gasteiger partial charge in [-0.2, -0.15) is 5.10 Å². The Hall–Kier alpha value is -2.11. The van der Waals surface area contributed by atoms with Gasteiger partial charge in [-0.3, -0.25) is 14.3 Å². The molecule has 1 amide bonds. The summed E-state index contributed by atoms with van der Waals surface area (Å²) in [6, 6.07) is 1.91. The second-order valence-electron chi connectivity index (χ2n) is 5.86. The van der Waals surface area contributed by atoms with E-state index in [1.807, 2.05) is 31.5 Å². The predicted molar refractivity (Wildman–Crippen MR) is 75.3 cm³/mol. The van der Waals surface area contributed by atoms with Crippen LogP contribution in [0.15, 0.2) is 24.4 Å². The topological polar surface area (TPSA) is 84.2 Å². The van der Waals surface area contributed by atoms with Gasteiger partial charge in [-0.05, 0) is 24.3 Å². The molecular formula is C15H19N3O3. The molecule has 112 valence electrons. The van der Waals surface area contributed by atoms with E-state index in [4.69, 9.17) is 0 Å². The fourth-order valence-electron chi connectivity index (χ4n) is 3.54. The first-order valence-corrected chi connectivity index (χ1v) is 7.23. The Bertz CT molecular complexity index is 593. The average molecular weight is 289 g/mol. The molecule has 0 radical (unpaired) electrons. The van der Waals surface area contributed by atoms with E-state index in [1.165, 1.54) is 0 Å². The molecule has 2 aliphatic rings. The number of carbonyl (C=O) groups excluding carboxylic acids is 1. The van der Waals surface area contributed by atoms with Crippen LogP contribution in [0, 0.1) is 23.7 Å². The molecule has 6 nitrogen and oxygen atoms in total. The normalized spacial score (nSPS) is 29.8. The highest BCUT2D eigenvalue weighted by molar-refractivity contribution is 5.86. The van der Waals surface area contributed by atoms with Gasteiger partial charge in [0.15, 0.2) is 0 Å². The summed E-state index contributed by atoms with van der Waals surface area (Å²) < 4.78 is 1.72. The van der Waals surface area contributed by atoms with Crippen LogP contribution in [0.4, 0.5) is 0 Å². The highest BCUT2D eigenvalue weighted by atomic mass is 16.4. The number of carboxylic acids is 1. The summed E-state index contributed by atoms with van der Waals surface area (Å²) in [6.45, 7) is 0.486. The maximum absolute atomic E-state index is 12.3. The van der Waals surface area contributed by atoms with Gasteiger partial charge in [0.2, 0.25) is 5.91 Å². The molecule has 1 fully saturated rings. The van der Waals surface area contributed by atoms with Crippen molar-refractivity contribution >= 4 is 11.9 Å². The molecule has 2 N–H and O–H groups in total. The Kier molecular flexibility index (Phi) is 3.53. The second kappa shape index (κ2) is 5.35. The van der Waals surface area contributed by atoms with Crippen LogP contribution in [0.25, 0.3) is 0 Å².